The second kappa shape index (κ2) is 9.44. The summed E-state index contributed by atoms with van der Waals surface area (Å²) in [5.41, 5.74) is 0.675. The molecule has 6 heteroatoms. The lowest BCUT2D eigenvalue weighted by Gasteiger charge is -2.07. The highest BCUT2D eigenvalue weighted by molar-refractivity contribution is 5.89. The van der Waals surface area contributed by atoms with Gasteiger partial charge in [0.1, 0.15) is 11.5 Å². The normalized spacial score (nSPS) is 10.3. The fourth-order valence-electron chi connectivity index (χ4n) is 1.63. The van der Waals surface area contributed by atoms with Crippen molar-refractivity contribution in [2.45, 2.75) is 13.3 Å². The van der Waals surface area contributed by atoms with E-state index in [1.807, 2.05) is 6.92 Å². The number of hydrogen-bond acceptors (Lipinski definition) is 5. The highest BCUT2D eigenvalue weighted by Gasteiger charge is 2.06. The molecule has 1 amide bonds. The first-order valence-electron chi connectivity index (χ1n) is 6.94. The van der Waals surface area contributed by atoms with Crippen LogP contribution >= 0.6 is 0 Å². The van der Waals surface area contributed by atoms with Crippen LogP contribution in [0.3, 0.4) is 0 Å². The van der Waals surface area contributed by atoms with Gasteiger partial charge in [-0.3, -0.25) is 4.79 Å². The first kappa shape index (κ1) is 17.6. The molecule has 0 unspecified atom stereocenters. The molecule has 0 radical (unpaired) electrons. The summed E-state index contributed by atoms with van der Waals surface area (Å²) in [5.74, 6) is 0.331. The molecule has 0 spiro atoms. The Hall–Kier alpha value is -2.50. The Morgan fingerprint density at radius 3 is 2.64 bits per heavy atom. The SMILES string of the molecule is CCCNC(=O)COC(=O)C=Cc1cc(OC)ccc1OC. The molecular formula is C16H21NO5. The molecule has 6 nitrogen and oxygen atoms in total. The summed E-state index contributed by atoms with van der Waals surface area (Å²) in [5, 5.41) is 2.62. The highest BCUT2D eigenvalue weighted by atomic mass is 16.5. The molecule has 0 bridgehead atoms. The maximum Gasteiger partial charge on any atom is 0.331 e. The van der Waals surface area contributed by atoms with Crippen LogP contribution in [-0.2, 0) is 14.3 Å². The van der Waals surface area contributed by atoms with Crippen LogP contribution in [0.2, 0.25) is 0 Å². The monoisotopic (exact) mass is 307 g/mol. The molecule has 22 heavy (non-hydrogen) atoms. The summed E-state index contributed by atoms with van der Waals surface area (Å²) in [4.78, 5) is 22.9. The van der Waals surface area contributed by atoms with Crippen molar-refractivity contribution in [3.8, 4) is 11.5 Å². The molecule has 1 aromatic rings. The summed E-state index contributed by atoms with van der Waals surface area (Å²) in [7, 11) is 3.09. The molecular weight excluding hydrogens is 286 g/mol. The maximum atomic E-state index is 11.6. The molecule has 0 fully saturated rings. The molecule has 1 N–H and O–H groups in total. The highest BCUT2D eigenvalue weighted by Crippen LogP contribution is 2.24. The second-order valence-electron chi connectivity index (χ2n) is 4.40. The Balaban J connectivity index is 2.60. The van der Waals surface area contributed by atoms with Gasteiger partial charge in [0.25, 0.3) is 5.91 Å². The molecule has 0 saturated carbocycles. The van der Waals surface area contributed by atoms with Gasteiger partial charge in [0.15, 0.2) is 6.61 Å². The van der Waals surface area contributed by atoms with E-state index in [1.54, 1.807) is 31.4 Å². The van der Waals surface area contributed by atoms with Crippen LogP contribution in [0, 0.1) is 0 Å². The maximum absolute atomic E-state index is 11.6. The van der Waals surface area contributed by atoms with Gasteiger partial charge in [-0.2, -0.15) is 0 Å². The summed E-state index contributed by atoms with van der Waals surface area (Å²) >= 11 is 0. The van der Waals surface area contributed by atoms with E-state index in [1.165, 1.54) is 13.2 Å². The van der Waals surface area contributed by atoms with E-state index in [2.05, 4.69) is 5.32 Å². The number of carbonyl (C=O) groups is 2. The zero-order valence-electron chi connectivity index (χ0n) is 13.0. The van der Waals surface area contributed by atoms with E-state index < -0.39 is 5.97 Å². The van der Waals surface area contributed by atoms with Gasteiger partial charge in [0, 0.05) is 18.2 Å². The fourth-order valence-corrected chi connectivity index (χ4v) is 1.63. The van der Waals surface area contributed by atoms with E-state index in [9.17, 15) is 9.59 Å². The van der Waals surface area contributed by atoms with Gasteiger partial charge in [0.05, 0.1) is 14.2 Å². The minimum atomic E-state index is -0.600. The summed E-state index contributed by atoms with van der Waals surface area (Å²) in [6, 6.07) is 5.23. The van der Waals surface area contributed by atoms with Crippen LogP contribution in [-0.4, -0.2) is 39.2 Å². The molecule has 120 valence electrons. The van der Waals surface area contributed by atoms with Crippen LogP contribution in [0.25, 0.3) is 6.08 Å². The molecule has 0 aliphatic carbocycles. The lowest BCUT2D eigenvalue weighted by molar-refractivity contribution is -0.143. The van der Waals surface area contributed by atoms with Gasteiger partial charge in [-0.1, -0.05) is 6.92 Å². The summed E-state index contributed by atoms with van der Waals surface area (Å²) < 4.78 is 15.2. The van der Waals surface area contributed by atoms with Crippen molar-refractivity contribution in [2.24, 2.45) is 0 Å². The van der Waals surface area contributed by atoms with Crippen LogP contribution < -0.4 is 14.8 Å². The zero-order valence-corrected chi connectivity index (χ0v) is 13.0. The molecule has 0 heterocycles. The molecule has 1 rings (SSSR count). The van der Waals surface area contributed by atoms with Crippen LogP contribution in [0.15, 0.2) is 24.3 Å². The van der Waals surface area contributed by atoms with Gasteiger partial charge in [-0.25, -0.2) is 4.79 Å². The van der Waals surface area contributed by atoms with E-state index in [0.717, 1.165) is 6.42 Å². The minimum absolute atomic E-state index is 0.293. The Bertz CT molecular complexity index is 539. The Morgan fingerprint density at radius 2 is 2.00 bits per heavy atom. The van der Waals surface area contributed by atoms with Crippen molar-refractivity contribution >= 4 is 18.0 Å². The van der Waals surface area contributed by atoms with Gasteiger partial charge >= 0.3 is 5.97 Å². The third kappa shape index (κ3) is 5.87. The van der Waals surface area contributed by atoms with Crippen molar-refractivity contribution in [3.05, 3.63) is 29.8 Å². The first-order valence-corrected chi connectivity index (χ1v) is 6.94. The molecule has 0 aliphatic rings. The standard InChI is InChI=1S/C16H21NO5/c1-4-9-17-15(18)11-22-16(19)8-5-12-10-13(20-2)6-7-14(12)21-3/h5-8,10H,4,9,11H2,1-3H3,(H,17,18). The molecule has 0 aliphatic heterocycles. The Kier molecular flexibility index (Phi) is 7.53. The summed E-state index contributed by atoms with van der Waals surface area (Å²) in [6.45, 7) is 2.21. The summed E-state index contributed by atoms with van der Waals surface area (Å²) in [6.07, 6.45) is 3.62. The predicted octanol–water partition coefficient (Wildman–Crippen LogP) is 1.79. The van der Waals surface area contributed by atoms with Gasteiger partial charge < -0.3 is 19.5 Å². The average Bonchev–Trinajstić information content (AvgIpc) is 2.55. The Morgan fingerprint density at radius 1 is 1.23 bits per heavy atom. The number of methoxy groups -OCH3 is 2. The number of esters is 1. The second-order valence-corrected chi connectivity index (χ2v) is 4.40. The number of benzene rings is 1. The van der Waals surface area contributed by atoms with Gasteiger partial charge in [0.2, 0.25) is 0 Å². The minimum Gasteiger partial charge on any atom is -0.497 e. The largest absolute Gasteiger partial charge is 0.497 e. The van der Waals surface area contributed by atoms with E-state index in [0.29, 0.717) is 23.6 Å². The van der Waals surface area contributed by atoms with Crippen molar-refractivity contribution < 1.29 is 23.8 Å². The number of carbonyl (C=O) groups excluding carboxylic acids is 2. The molecule has 0 atom stereocenters. The predicted molar refractivity (Wildman–Crippen MR) is 82.8 cm³/mol. The Labute approximate surface area is 130 Å². The van der Waals surface area contributed by atoms with Gasteiger partial charge in [-0.15, -0.1) is 0 Å². The fraction of sp³-hybridized carbons (Fsp3) is 0.375. The number of hydrogen-bond donors (Lipinski definition) is 1. The third-order valence-corrected chi connectivity index (χ3v) is 2.75. The number of ether oxygens (including phenoxy) is 3. The topological polar surface area (TPSA) is 73.9 Å². The smallest absolute Gasteiger partial charge is 0.331 e. The van der Waals surface area contributed by atoms with Crippen molar-refractivity contribution in [1.82, 2.24) is 5.32 Å². The quantitative estimate of drug-likeness (QED) is 0.585. The van der Waals surface area contributed by atoms with Crippen LogP contribution in [0.5, 0.6) is 11.5 Å². The number of nitrogens with one attached hydrogen (secondary N) is 1. The zero-order chi connectivity index (χ0) is 16.4. The van der Waals surface area contributed by atoms with E-state index in [-0.39, 0.29) is 12.5 Å². The van der Waals surface area contributed by atoms with Gasteiger partial charge in [-0.05, 0) is 30.7 Å². The van der Waals surface area contributed by atoms with E-state index in [4.69, 9.17) is 14.2 Å². The molecule has 0 saturated heterocycles. The number of rotatable bonds is 8. The van der Waals surface area contributed by atoms with Crippen molar-refractivity contribution in [2.75, 3.05) is 27.4 Å². The van der Waals surface area contributed by atoms with Crippen LogP contribution in [0.4, 0.5) is 0 Å². The molecule has 0 aromatic heterocycles. The van der Waals surface area contributed by atoms with Crippen molar-refractivity contribution in [1.29, 1.82) is 0 Å². The lowest BCUT2D eigenvalue weighted by atomic mass is 10.1. The lowest BCUT2D eigenvalue weighted by Crippen LogP contribution is -2.28. The average molecular weight is 307 g/mol. The third-order valence-electron chi connectivity index (χ3n) is 2.75. The number of amides is 1. The van der Waals surface area contributed by atoms with Crippen molar-refractivity contribution in [3.63, 3.8) is 0 Å². The van der Waals surface area contributed by atoms with E-state index >= 15 is 0 Å². The first-order chi connectivity index (χ1) is 10.6. The molecule has 1 aromatic carbocycles. The van der Waals surface area contributed by atoms with Crippen LogP contribution in [0.1, 0.15) is 18.9 Å².